The van der Waals surface area contributed by atoms with Crippen molar-refractivity contribution < 1.29 is 19.4 Å². The van der Waals surface area contributed by atoms with E-state index in [0.29, 0.717) is 5.75 Å². The molecular weight excluding hydrogens is 338 g/mol. The molecule has 0 fully saturated rings. The Labute approximate surface area is 133 Å². The van der Waals surface area contributed by atoms with E-state index in [0.717, 1.165) is 4.47 Å². The highest BCUT2D eigenvalue weighted by molar-refractivity contribution is 9.10. The van der Waals surface area contributed by atoms with Crippen LogP contribution in [-0.4, -0.2) is 43.5 Å². The molecule has 0 amide bonds. The first kappa shape index (κ1) is 17.9. The van der Waals surface area contributed by atoms with Gasteiger partial charge in [-0.3, -0.25) is 4.79 Å². The zero-order valence-corrected chi connectivity index (χ0v) is 14.1. The zero-order chi connectivity index (χ0) is 15.8. The minimum absolute atomic E-state index is 0.0793. The van der Waals surface area contributed by atoms with Crippen molar-refractivity contribution >= 4 is 21.9 Å². The van der Waals surface area contributed by atoms with Crippen molar-refractivity contribution in [2.75, 3.05) is 20.3 Å². The summed E-state index contributed by atoms with van der Waals surface area (Å²) in [5.41, 5.74) is 0. The Morgan fingerprint density at radius 2 is 2.14 bits per heavy atom. The Kier molecular flexibility index (Phi) is 7.71. The molecule has 1 aromatic rings. The lowest BCUT2D eigenvalue weighted by atomic mass is 10.0. The molecule has 0 spiro atoms. The number of carbonyl (C=O) groups is 1. The fourth-order valence-corrected chi connectivity index (χ4v) is 2.17. The third-order valence-corrected chi connectivity index (χ3v) is 3.43. The third-order valence-electron chi connectivity index (χ3n) is 2.93. The number of aliphatic hydroxyl groups excluding tert-OH is 1. The molecule has 2 atom stereocenters. The molecule has 1 aromatic carbocycles. The summed E-state index contributed by atoms with van der Waals surface area (Å²) in [5, 5.41) is 12.9. The van der Waals surface area contributed by atoms with Crippen LogP contribution >= 0.6 is 15.9 Å². The lowest BCUT2D eigenvalue weighted by Crippen LogP contribution is -2.45. The van der Waals surface area contributed by atoms with E-state index >= 15 is 0 Å². The molecule has 2 N–H and O–H groups in total. The van der Waals surface area contributed by atoms with Gasteiger partial charge in [0.05, 0.1) is 7.11 Å². The van der Waals surface area contributed by atoms with Crippen molar-refractivity contribution in [3.63, 3.8) is 0 Å². The van der Waals surface area contributed by atoms with Crippen LogP contribution in [0.4, 0.5) is 0 Å². The molecule has 2 unspecified atom stereocenters. The molecule has 0 bridgehead atoms. The van der Waals surface area contributed by atoms with Gasteiger partial charge in [-0.25, -0.2) is 0 Å². The number of methoxy groups -OCH3 is 1. The Morgan fingerprint density at radius 3 is 2.71 bits per heavy atom. The Balaban J connectivity index is 2.39. The van der Waals surface area contributed by atoms with Gasteiger partial charge < -0.3 is 19.9 Å². The summed E-state index contributed by atoms with van der Waals surface area (Å²) >= 11 is 3.35. The van der Waals surface area contributed by atoms with E-state index in [1.165, 1.54) is 7.11 Å². The van der Waals surface area contributed by atoms with Crippen molar-refractivity contribution in [1.29, 1.82) is 0 Å². The average Bonchev–Trinajstić information content (AvgIpc) is 2.44. The first-order chi connectivity index (χ1) is 9.93. The van der Waals surface area contributed by atoms with Crippen molar-refractivity contribution in [2.24, 2.45) is 5.92 Å². The topological polar surface area (TPSA) is 67.8 Å². The van der Waals surface area contributed by atoms with Gasteiger partial charge in [0.15, 0.2) is 0 Å². The third kappa shape index (κ3) is 6.46. The summed E-state index contributed by atoms with van der Waals surface area (Å²) in [4.78, 5) is 11.6. The van der Waals surface area contributed by atoms with Crippen LogP contribution in [-0.2, 0) is 9.53 Å². The summed E-state index contributed by atoms with van der Waals surface area (Å²) in [7, 11) is 1.35. The Hall–Kier alpha value is -1.11. The van der Waals surface area contributed by atoms with E-state index in [1.807, 2.05) is 38.1 Å². The van der Waals surface area contributed by atoms with E-state index in [9.17, 15) is 9.90 Å². The van der Waals surface area contributed by atoms with Gasteiger partial charge >= 0.3 is 5.97 Å². The Bertz CT molecular complexity index is 453. The summed E-state index contributed by atoms with van der Waals surface area (Å²) in [5.74, 6) is 0.428. The van der Waals surface area contributed by atoms with Crippen molar-refractivity contribution in [3.05, 3.63) is 28.7 Å². The molecule has 0 saturated carbocycles. The number of hydrogen-bond donors (Lipinski definition) is 2. The monoisotopic (exact) mass is 359 g/mol. The second-order valence-electron chi connectivity index (χ2n) is 5.08. The van der Waals surface area contributed by atoms with Crippen molar-refractivity contribution in [3.8, 4) is 5.75 Å². The second kappa shape index (κ2) is 9.02. The molecule has 0 aliphatic heterocycles. The van der Waals surface area contributed by atoms with Gasteiger partial charge in [-0.1, -0.05) is 35.8 Å². The molecule has 0 aliphatic carbocycles. The van der Waals surface area contributed by atoms with E-state index in [-0.39, 0.29) is 25.0 Å². The van der Waals surface area contributed by atoms with Crippen molar-refractivity contribution in [1.82, 2.24) is 5.32 Å². The maximum Gasteiger partial charge on any atom is 0.323 e. The SMILES string of the molecule is COC(=O)C(NCC(O)COc1cccc(Br)c1)C(C)C. The first-order valence-corrected chi connectivity index (χ1v) is 7.61. The maximum atomic E-state index is 11.6. The number of rotatable bonds is 8. The van der Waals surface area contributed by atoms with Crippen LogP contribution in [0.3, 0.4) is 0 Å². The summed E-state index contributed by atoms with van der Waals surface area (Å²) in [6.45, 7) is 4.24. The fourth-order valence-electron chi connectivity index (χ4n) is 1.79. The van der Waals surface area contributed by atoms with Crippen LogP contribution in [0.1, 0.15) is 13.8 Å². The van der Waals surface area contributed by atoms with Crippen LogP contribution in [0.25, 0.3) is 0 Å². The van der Waals surface area contributed by atoms with Gasteiger partial charge in [-0.2, -0.15) is 0 Å². The standard InChI is InChI=1S/C15H22BrNO4/c1-10(2)14(15(19)20-3)17-8-12(18)9-21-13-6-4-5-11(16)7-13/h4-7,10,12,14,17-18H,8-9H2,1-3H3. The molecule has 0 aliphatic rings. The van der Waals surface area contributed by atoms with Crippen LogP contribution in [0.2, 0.25) is 0 Å². The molecule has 0 aromatic heterocycles. The summed E-state index contributed by atoms with van der Waals surface area (Å²) in [6, 6.07) is 6.96. The van der Waals surface area contributed by atoms with Gasteiger partial charge in [0.25, 0.3) is 0 Å². The predicted octanol–water partition coefficient (Wildman–Crippen LogP) is 1.98. The number of nitrogens with one attached hydrogen (secondary N) is 1. The maximum absolute atomic E-state index is 11.6. The molecule has 1 rings (SSSR count). The number of ether oxygens (including phenoxy) is 2. The van der Waals surface area contributed by atoms with E-state index < -0.39 is 12.1 Å². The largest absolute Gasteiger partial charge is 0.491 e. The highest BCUT2D eigenvalue weighted by Gasteiger charge is 2.23. The quantitative estimate of drug-likeness (QED) is 0.694. The average molecular weight is 360 g/mol. The van der Waals surface area contributed by atoms with Crippen LogP contribution in [0, 0.1) is 5.92 Å². The molecule has 5 nitrogen and oxygen atoms in total. The molecule has 21 heavy (non-hydrogen) atoms. The lowest BCUT2D eigenvalue weighted by molar-refractivity contribution is -0.144. The minimum atomic E-state index is -0.713. The van der Waals surface area contributed by atoms with Gasteiger partial charge in [-0.05, 0) is 24.1 Å². The smallest absolute Gasteiger partial charge is 0.323 e. The number of halogens is 1. The van der Waals surface area contributed by atoms with Crippen LogP contribution < -0.4 is 10.1 Å². The molecule has 6 heteroatoms. The number of hydrogen-bond acceptors (Lipinski definition) is 5. The normalized spacial score (nSPS) is 13.8. The number of aliphatic hydroxyl groups is 1. The fraction of sp³-hybridized carbons (Fsp3) is 0.533. The summed E-state index contributed by atoms with van der Waals surface area (Å²) < 4.78 is 11.1. The highest BCUT2D eigenvalue weighted by Crippen LogP contribution is 2.17. The van der Waals surface area contributed by atoms with Crippen molar-refractivity contribution in [2.45, 2.75) is 26.0 Å². The molecule has 0 radical (unpaired) electrons. The number of benzene rings is 1. The molecule has 0 saturated heterocycles. The van der Waals surface area contributed by atoms with E-state index in [1.54, 1.807) is 0 Å². The van der Waals surface area contributed by atoms with E-state index in [2.05, 4.69) is 21.2 Å². The zero-order valence-electron chi connectivity index (χ0n) is 12.5. The molecule has 118 valence electrons. The van der Waals surface area contributed by atoms with Crippen LogP contribution in [0.15, 0.2) is 28.7 Å². The first-order valence-electron chi connectivity index (χ1n) is 6.81. The Morgan fingerprint density at radius 1 is 1.43 bits per heavy atom. The molecular formula is C15H22BrNO4. The minimum Gasteiger partial charge on any atom is -0.491 e. The van der Waals surface area contributed by atoms with Gasteiger partial charge in [-0.15, -0.1) is 0 Å². The number of carbonyl (C=O) groups excluding carboxylic acids is 1. The highest BCUT2D eigenvalue weighted by atomic mass is 79.9. The van der Waals surface area contributed by atoms with E-state index in [4.69, 9.17) is 9.47 Å². The van der Waals surface area contributed by atoms with Gasteiger partial charge in [0.2, 0.25) is 0 Å². The van der Waals surface area contributed by atoms with Gasteiger partial charge in [0, 0.05) is 11.0 Å². The molecule has 0 heterocycles. The summed E-state index contributed by atoms with van der Waals surface area (Å²) in [6.07, 6.45) is -0.713. The van der Waals surface area contributed by atoms with Gasteiger partial charge in [0.1, 0.15) is 24.5 Å². The number of esters is 1. The second-order valence-corrected chi connectivity index (χ2v) is 5.99. The predicted molar refractivity (Wildman–Crippen MR) is 84.3 cm³/mol. The lowest BCUT2D eigenvalue weighted by Gasteiger charge is -2.21. The van der Waals surface area contributed by atoms with Crippen LogP contribution in [0.5, 0.6) is 5.75 Å².